The molecule has 0 radical (unpaired) electrons. The third kappa shape index (κ3) is 5.14. The number of ether oxygens (including phenoxy) is 2. The molecule has 3 aromatic rings. The van der Waals surface area contributed by atoms with Gasteiger partial charge in [0.2, 0.25) is 11.7 Å². The number of hydrogen-bond donors (Lipinski definition) is 1. The molecule has 1 aliphatic heterocycles. The Morgan fingerprint density at radius 2 is 1.77 bits per heavy atom. The van der Waals surface area contributed by atoms with E-state index in [0.29, 0.717) is 16.8 Å². The summed E-state index contributed by atoms with van der Waals surface area (Å²) in [6, 6.07) is 16.0. The molecule has 1 amide bonds. The van der Waals surface area contributed by atoms with Crippen molar-refractivity contribution in [3.05, 3.63) is 77.1 Å². The molecule has 1 N–H and O–H groups in total. The Kier molecular flexibility index (Phi) is 7.07. The highest BCUT2D eigenvalue weighted by Crippen LogP contribution is 2.36. The first-order valence-electron chi connectivity index (χ1n) is 10.9. The predicted molar refractivity (Wildman–Crippen MR) is 131 cm³/mol. The summed E-state index contributed by atoms with van der Waals surface area (Å²) in [7, 11) is 1.32. The quantitative estimate of drug-likeness (QED) is 0.391. The standard InChI is InChI=1S/C26H24N2O6S/c1-15-12-19(16(2)28(15)18-10-8-17(9-11-18)26(32)33-3)21(29)14-34-24(30)13-23-25(31)27-20-6-4-5-7-22(20)35-23/h4-12,23H,13-14H2,1-3H3,(H,27,31)/t23-/m0/s1. The maximum atomic E-state index is 12.8. The lowest BCUT2D eigenvalue weighted by atomic mass is 10.1. The zero-order chi connectivity index (χ0) is 25.1. The predicted octanol–water partition coefficient (Wildman–Crippen LogP) is 4.11. The smallest absolute Gasteiger partial charge is 0.337 e. The largest absolute Gasteiger partial charge is 0.465 e. The molecular formula is C26H24N2O6S. The van der Waals surface area contributed by atoms with Crippen molar-refractivity contribution in [1.29, 1.82) is 0 Å². The minimum Gasteiger partial charge on any atom is -0.465 e. The van der Waals surface area contributed by atoms with Gasteiger partial charge in [0.15, 0.2) is 6.61 Å². The number of aryl methyl sites for hydroxylation is 1. The Morgan fingerprint density at radius 1 is 1.06 bits per heavy atom. The minimum absolute atomic E-state index is 0.135. The molecule has 0 bridgehead atoms. The number of hydrogen-bond acceptors (Lipinski definition) is 7. The lowest BCUT2D eigenvalue weighted by Crippen LogP contribution is -2.31. The number of amides is 1. The van der Waals surface area contributed by atoms with E-state index in [9.17, 15) is 19.2 Å². The van der Waals surface area contributed by atoms with Gasteiger partial charge in [0, 0.05) is 27.5 Å². The number of nitrogens with zero attached hydrogens (tertiary/aromatic N) is 1. The number of rotatable bonds is 7. The molecule has 2 aromatic carbocycles. The maximum Gasteiger partial charge on any atom is 0.337 e. The van der Waals surface area contributed by atoms with Crippen LogP contribution in [0.1, 0.15) is 38.5 Å². The van der Waals surface area contributed by atoms with Crippen molar-refractivity contribution in [2.75, 3.05) is 19.0 Å². The lowest BCUT2D eigenvalue weighted by Gasteiger charge is -2.23. The van der Waals surface area contributed by atoms with Crippen molar-refractivity contribution in [2.24, 2.45) is 0 Å². The number of Topliss-reactive ketones (excluding diaryl/α,β-unsaturated/α-hetero) is 1. The molecule has 2 heterocycles. The van der Waals surface area contributed by atoms with E-state index in [0.717, 1.165) is 22.0 Å². The molecule has 1 aliphatic rings. The summed E-state index contributed by atoms with van der Waals surface area (Å²) in [6.07, 6.45) is -0.135. The highest BCUT2D eigenvalue weighted by Gasteiger charge is 2.29. The summed E-state index contributed by atoms with van der Waals surface area (Å²) >= 11 is 1.30. The number of esters is 2. The molecule has 0 aliphatic carbocycles. The Hall–Kier alpha value is -3.85. The highest BCUT2D eigenvalue weighted by atomic mass is 32.2. The van der Waals surface area contributed by atoms with Crippen LogP contribution in [-0.4, -0.2) is 47.2 Å². The number of ketones is 1. The van der Waals surface area contributed by atoms with Crippen LogP contribution in [0.5, 0.6) is 0 Å². The molecule has 180 valence electrons. The minimum atomic E-state index is -0.620. The average molecular weight is 493 g/mol. The molecule has 1 aromatic heterocycles. The zero-order valence-electron chi connectivity index (χ0n) is 19.5. The first kappa shape index (κ1) is 24.3. The molecule has 0 saturated carbocycles. The molecule has 35 heavy (non-hydrogen) atoms. The summed E-state index contributed by atoms with van der Waals surface area (Å²) < 4.78 is 11.8. The van der Waals surface area contributed by atoms with Gasteiger partial charge in [0.1, 0.15) is 0 Å². The number of aromatic nitrogens is 1. The van der Waals surface area contributed by atoms with Crippen molar-refractivity contribution in [2.45, 2.75) is 30.4 Å². The number of nitrogens with one attached hydrogen (secondary N) is 1. The molecule has 9 heteroatoms. The fourth-order valence-electron chi connectivity index (χ4n) is 3.97. The monoisotopic (exact) mass is 492 g/mol. The van der Waals surface area contributed by atoms with Crippen LogP contribution in [0.3, 0.4) is 0 Å². The van der Waals surface area contributed by atoms with E-state index in [1.807, 2.05) is 29.7 Å². The number of carbonyl (C=O) groups excluding carboxylic acids is 4. The van der Waals surface area contributed by atoms with E-state index in [4.69, 9.17) is 9.47 Å². The number of benzene rings is 2. The van der Waals surface area contributed by atoms with Crippen LogP contribution >= 0.6 is 11.8 Å². The SMILES string of the molecule is COC(=O)c1ccc(-n2c(C)cc(C(=O)COC(=O)C[C@@H]3Sc4ccccc4NC3=O)c2C)cc1. The molecular weight excluding hydrogens is 468 g/mol. The first-order valence-corrected chi connectivity index (χ1v) is 11.8. The Balaban J connectivity index is 1.39. The molecule has 4 rings (SSSR count). The Morgan fingerprint density at radius 3 is 2.49 bits per heavy atom. The Labute approximate surface area is 206 Å². The van der Waals surface area contributed by atoms with Crippen LogP contribution in [0.15, 0.2) is 59.5 Å². The second kappa shape index (κ2) is 10.2. The van der Waals surface area contributed by atoms with E-state index in [2.05, 4.69) is 5.32 Å². The van der Waals surface area contributed by atoms with E-state index in [-0.39, 0.29) is 18.1 Å². The van der Waals surface area contributed by atoms with E-state index in [1.54, 1.807) is 43.3 Å². The van der Waals surface area contributed by atoms with Gasteiger partial charge in [-0.15, -0.1) is 11.8 Å². The number of anilines is 1. The summed E-state index contributed by atoms with van der Waals surface area (Å²) in [5.74, 6) is -1.64. The Bertz CT molecular complexity index is 1310. The number of fused-ring (bicyclic) bond motifs is 1. The normalized spacial score (nSPS) is 14.6. The van der Waals surface area contributed by atoms with Crippen LogP contribution in [0.25, 0.3) is 5.69 Å². The summed E-state index contributed by atoms with van der Waals surface area (Å²) in [5, 5.41) is 2.17. The number of para-hydroxylation sites is 1. The topological polar surface area (TPSA) is 104 Å². The summed E-state index contributed by atoms with van der Waals surface area (Å²) in [4.78, 5) is 50.1. The van der Waals surface area contributed by atoms with Gasteiger partial charge in [-0.1, -0.05) is 12.1 Å². The van der Waals surface area contributed by atoms with E-state index >= 15 is 0 Å². The van der Waals surface area contributed by atoms with Crippen molar-refractivity contribution in [3.8, 4) is 5.69 Å². The number of thioether (sulfide) groups is 1. The van der Waals surface area contributed by atoms with Crippen LogP contribution in [0.2, 0.25) is 0 Å². The van der Waals surface area contributed by atoms with Crippen molar-refractivity contribution in [1.82, 2.24) is 4.57 Å². The molecule has 0 unspecified atom stereocenters. The third-order valence-corrected chi connectivity index (χ3v) is 6.98. The van der Waals surface area contributed by atoms with Gasteiger partial charge in [0.05, 0.1) is 30.0 Å². The zero-order valence-corrected chi connectivity index (χ0v) is 20.3. The van der Waals surface area contributed by atoms with Crippen molar-refractivity contribution in [3.63, 3.8) is 0 Å². The van der Waals surface area contributed by atoms with Crippen molar-refractivity contribution >= 4 is 41.1 Å². The second-order valence-corrected chi connectivity index (χ2v) is 9.28. The number of methoxy groups -OCH3 is 1. The summed E-state index contributed by atoms with van der Waals surface area (Å²) in [6.45, 7) is 3.25. The van der Waals surface area contributed by atoms with Gasteiger partial charge >= 0.3 is 11.9 Å². The fraction of sp³-hybridized carbons (Fsp3) is 0.231. The van der Waals surface area contributed by atoms with E-state index < -0.39 is 23.8 Å². The third-order valence-electron chi connectivity index (χ3n) is 5.70. The van der Waals surface area contributed by atoms with Gasteiger partial charge in [-0.3, -0.25) is 14.4 Å². The van der Waals surface area contributed by atoms with Crippen LogP contribution in [0, 0.1) is 13.8 Å². The maximum absolute atomic E-state index is 12.8. The lowest BCUT2D eigenvalue weighted by molar-refractivity contribution is -0.143. The average Bonchev–Trinajstić information content (AvgIpc) is 3.16. The highest BCUT2D eigenvalue weighted by molar-refractivity contribution is 8.01. The van der Waals surface area contributed by atoms with Crippen LogP contribution in [0.4, 0.5) is 5.69 Å². The summed E-state index contributed by atoms with van der Waals surface area (Å²) in [5.41, 5.74) is 3.87. The van der Waals surface area contributed by atoms with Gasteiger partial charge in [-0.2, -0.15) is 0 Å². The molecule has 8 nitrogen and oxygen atoms in total. The number of carbonyl (C=O) groups is 4. The van der Waals surface area contributed by atoms with Gasteiger partial charge in [-0.25, -0.2) is 4.79 Å². The fourth-order valence-corrected chi connectivity index (χ4v) is 5.06. The van der Waals surface area contributed by atoms with Crippen molar-refractivity contribution < 1.29 is 28.7 Å². The molecule has 1 atom stereocenters. The first-order chi connectivity index (χ1) is 16.8. The van der Waals surface area contributed by atoms with Crippen LogP contribution < -0.4 is 5.32 Å². The van der Waals surface area contributed by atoms with Gasteiger partial charge in [0.25, 0.3) is 0 Å². The second-order valence-electron chi connectivity index (χ2n) is 8.04. The van der Waals surface area contributed by atoms with Gasteiger partial charge in [-0.05, 0) is 56.3 Å². The molecule has 0 spiro atoms. The van der Waals surface area contributed by atoms with E-state index in [1.165, 1.54) is 18.9 Å². The molecule has 0 saturated heterocycles. The van der Waals surface area contributed by atoms with Gasteiger partial charge < -0.3 is 19.4 Å². The molecule has 0 fully saturated rings. The van der Waals surface area contributed by atoms with Crippen LogP contribution in [-0.2, 0) is 19.1 Å².